The largest absolute Gasteiger partial charge is 0.295 e. The summed E-state index contributed by atoms with van der Waals surface area (Å²) in [5.41, 5.74) is 3.02. The highest BCUT2D eigenvalue weighted by atomic mass is 32.2. The molecule has 0 fully saturated rings. The average Bonchev–Trinajstić information content (AvgIpc) is 2.87. The van der Waals surface area contributed by atoms with E-state index >= 15 is 0 Å². The summed E-state index contributed by atoms with van der Waals surface area (Å²) in [6.45, 7) is 0. The van der Waals surface area contributed by atoms with Gasteiger partial charge in [0.25, 0.3) is 0 Å². The molecule has 0 atom stereocenters. The van der Waals surface area contributed by atoms with E-state index in [1.165, 1.54) is 40.2 Å². The number of aryl methyl sites for hydroxylation is 2. The van der Waals surface area contributed by atoms with Crippen LogP contribution in [0.1, 0.15) is 30.4 Å². The van der Waals surface area contributed by atoms with Crippen LogP contribution in [0.4, 0.5) is 0 Å². The summed E-state index contributed by atoms with van der Waals surface area (Å²) in [6, 6.07) is 6.75. The van der Waals surface area contributed by atoms with Gasteiger partial charge in [0.2, 0.25) is 0 Å². The maximum Gasteiger partial charge on any atom is 0.156 e. The lowest BCUT2D eigenvalue weighted by atomic mass is 10.1. The van der Waals surface area contributed by atoms with Crippen LogP contribution in [-0.2, 0) is 17.6 Å². The Morgan fingerprint density at radius 2 is 1.88 bits per heavy atom. The van der Waals surface area contributed by atoms with Crippen molar-refractivity contribution in [2.45, 2.75) is 37.0 Å². The van der Waals surface area contributed by atoms with Crippen molar-refractivity contribution in [1.29, 1.82) is 0 Å². The third kappa shape index (κ3) is 1.94. The van der Waals surface area contributed by atoms with E-state index in [2.05, 4.69) is 18.2 Å². The van der Waals surface area contributed by atoms with E-state index in [4.69, 9.17) is 0 Å². The first-order chi connectivity index (χ1) is 7.81. The normalized spacial score (nSPS) is 18.8. The minimum atomic E-state index is 0.281. The first kappa shape index (κ1) is 10.2. The third-order valence-electron chi connectivity index (χ3n) is 3.26. The van der Waals surface area contributed by atoms with Crippen LogP contribution in [0.15, 0.2) is 34.1 Å². The maximum atomic E-state index is 11.1. The number of carbonyl (C=O) groups excluding carboxylic acids is 1. The number of hydrogen-bond donors (Lipinski definition) is 0. The molecule has 1 nitrogen and oxygen atoms in total. The van der Waals surface area contributed by atoms with Crippen molar-refractivity contribution in [2.75, 3.05) is 0 Å². The Morgan fingerprint density at radius 1 is 1.00 bits per heavy atom. The number of fused-ring (bicyclic) bond motifs is 1. The zero-order valence-corrected chi connectivity index (χ0v) is 9.98. The van der Waals surface area contributed by atoms with Gasteiger partial charge in [0.15, 0.2) is 5.78 Å². The quantitative estimate of drug-likeness (QED) is 0.773. The molecule has 0 unspecified atom stereocenters. The third-order valence-corrected chi connectivity index (χ3v) is 4.33. The van der Waals surface area contributed by atoms with Crippen molar-refractivity contribution in [3.8, 4) is 0 Å². The number of allylic oxidation sites excluding steroid dienone is 2. The topological polar surface area (TPSA) is 17.1 Å². The molecule has 0 spiro atoms. The highest BCUT2D eigenvalue weighted by molar-refractivity contribution is 8.03. The fourth-order valence-electron chi connectivity index (χ4n) is 2.41. The molecule has 2 aliphatic carbocycles. The molecule has 2 aliphatic rings. The van der Waals surface area contributed by atoms with E-state index in [0.29, 0.717) is 6.42 Å². The molecule has 82 valence electrons. The Balaban J connectivity index is 1.80. The summed E-state index contributed by atoms with van der Waals surface area (Å²) < 4.78 is 0. The first-order valence-electron chi connectivity index (χ1n) is 5.84. The van der Waals surface area contributed by atoms with Gasteiger partial charge >= 0.3 is 0 Å². The van der Waals surface area contributed by atoms with Crippen LogP contribution in [0, 0.1) is 0 Å². The van der Waals surface area contributed by atoms with Gasteiger partial charge in [-0.3, -0.25) is 4.79 Å². The van der Waals surface area contributed by atoms with E-state index in [1.54, 1.807) is 17.8 Å². The molecule has 0 aliphatic heterocycles. The Hall–Kier alpha value is -1.02. The summed E-state index contributed by atoms with van der Waals surface area (Å²) in [5, 5.41) is 0. The highest BCUT2D eigenvalue weighted by Gasteiger charge is 2.15. The molecule has 2 heteroatoms. The Kier molecular flexibility index (Phi) is 2.60. The second kappa shape index (κ2) is 4.10. The number of benzene rings is 1. The van der Waals surface area contributed by atoms with Crippen LogP contribution in [0.3, 0.4) is 0 Å². The van der Waals surface area contributed by atoms with Crippen LogP contribution in [0.2, 0.25) is 0 Å². The zero-order chi connectivity index (χ0) is 11.0. The van der Waals surface area contributed by atoms with Crippen molar-refractivity contribution >= 4 is 17.5 Å². The molecule has 0 bridgehead atoms. The lowest BCUT2D eigenvalue weighted by Crippen LogP contribution is -1.82. The van der Waals surface area contributed by atoms with Crippen LogP contribution in [0.25, 0.3) is 0 Å². The smallest absolute Gasteiger partial charge is 0.156 e. The number of thioether (sulfide) groups is 1. The fraction of sp³-hybridized carbons (Fsp3) is 0.357. The molecule has 1 aromatic rings. The molecule has 3 rings (SSSR count). The molecule has 0 amide bonds. The Labute approximate surface area is 99.9 Å². The molecule has 0 aromatic heterocycles. The Bertz CT molecular complexity index is 474. The van der Waals surface area contributed by atoms with Crippen LogP contribution >= 0.6 is 11.8 Å². The van der Waals surface area contributed by atoms with Gasteiger partial charge in [-0.25, -0.2) is 0 Å². The van der Waals surface area contributed by atoms with Gasteiger partial charge in [-0.2, -0.15) is 0 Å². The van der Waals surface area contributed by atoms with Gasteiger partial charge in [-0.1, -0.05) is 17.8 Å². The average molecular weight is 230 g/mol. The van der Waals surface area contributed by atoms with E-state index in [0.717, 1.165) is 6.42 Å². The predicted molar refractivity (Wildman–Crippen MR) is 66.6 cm³/mol. The van der Waals surface area contributed by atoms with Gasteiger partial charge in [-0.15, -0.1) is 0 Å². The molecular weight excluding hydrogens is 216 g/mol. The van der Waals surface area contributed by atoms with Crippen molar-refractivity contribution in [3.63, 3.8) is 0 Å². The lowest BCUT2D eigenvalue weighted by molar-refractivity contribution is -0.114. The van der Waals surface area contributed by atoms with Gasteiger partial charge in [0.05, 0.1) is 0 Å². The minimum Gasteiger partial charge on any atom is -0.295 e. The number of rotatable bonds is 2. The Morgan fingerprint density at radius 3 is 2.69 bits per heavy atom. The van der Waals surface area contributed by atoms with Crippen molar-refractivity contribution in [1.82, 2.24) is 0 Å². The second-order valence-corrected chi connectivity index (χ2v) is 5.66. The van der Waals surface area contributed by atoms with Crippen molar-refractivity contribution < 1.29 is 4.79 Å². The molecule has 16 heavy (non-hydrogen) atoms. The van der Waals surface area contributed by atoms with E-state index in [9.17, 15) is 4.79 Å². The SMILES string of the molecule is O=C1C=C(Sc2ccc3c(c2)CCC3)CC1. The second-order valence-electron chi connectivity index (χ2n) is 4.46. The van der Waals surface area contributed by atoms with E-state index in [1.807, 2.05) is 0 Å². The summed E-state index contributed by atoms with van der Waals surface area (Å²) in [4.78, 5) is 13.7. The number of carbonyl (C=O) groups is 1. The van der Waals surface area contributed by atoms with Gasteiger partial charge < -0.3 is 0 Å². The number of ketones is 1. The lowest BCUT2D eigenvalue weighted by Gasteiger charge is -2.04. The first-order valence-corrected chi connectivity index (χ1v) is 6.66. The highest BCUT2D eigenvalue weighted by Crippen LogP contribution is 2.35. The maximum absolute atomic E-state index is 11.1. The molecular formula is C14H14OS. The fourth-order valence-corrected chi connectivity index (χ4v) is 3.45. The van der Waals surface area contributed by atoms with Gasteiger partial charge in [0.1, 0.15) is 0 Å². The van der Waals surface area contributed by atoms with Crippen molar-refractivity contribution in [2.24, 2.45) is 0 Å². The molecule has 1 aromatic carbocycles. The summed E-state index contributed by atoms with van der Waals surface area (Å²) in [7, 11) is 0. The standard InChI is InChI=1S/C14H14OS/c15-12-5-7-14(9-12)16-13-6-4-10-2-1-3-11(10)8-13/h4,6,8-9H,1-3,5,7H2. The van der Waals surface area contributed by atoms with Gasteiger partial charge in [0, 0.05) is 11.3 Å². The molecule has 0 radical (unpaired) electrons. The zero-order valence-electron chi connectivity index (χ0n) is 9.16. The summed E-state index contributed by atoms with van der Waals surface area (Å²) >= 11 is 1.76. The predicted octanol–water partition coefficient (Wildman–Crippen LogP) is 3.51. The minimum absolute atomic E-state index is 0.281. The van der Waals surface area contributed by atoms with Crippen LogP contribution in [-0.4, -0.2) is 5.78 Å². The van der Waals surface area contributed by atoms with Crippen LogP contribution < -0.4 is 0 Å². The van der Waals surface area contributed by atoms with Crippen molar-refractivity contribution in [3.05, 3.63) is 40.3 Å². The molecule has 0 saturated carbocycles. The summed E-state index contributed by atoms with van der Waals surface area (Å²) in [5.74, 6) is 0.281. The van der Waals surface area contributed by atoms with Gasteiger partial charge in [-0.05, 0) is 59.9 Å². The van der Waals surface area contributed by atoms with E-state index < -0.39 is 0 Å². The summed E-state index contributed by atoms with van der Waals surface area (Å²) in [6.07, 6.45) is 7.19. The molecule has 0 saturated heterocycles. The van der Waals surface area contributed by atoms with Crippen LogP contribution in [0.5, 0.6) is 0 Å². The molecule has 0 heterocycles. The molecule has 0 N–H and O–H groups in total. The monoisotopic (exact) mass is 230 g/mol. The number of hydrogen-bond acceptors (Lipinski definition) is 2. The van der Waals surface area contributed by atoms with E-state index in [-0.39, 0.29) is 5.78 Å².